The summed E-state index contributed by atoms with van der Waals surface area (Å²) in [5, 5.41) is 18.7. The molecular weight excluding hydrogens is 310 g/mol. The largest absolute Gasteiger partial charge is 0.506 e. The number of carbonyl (C=O) groups excluding carboxylic acids is 1. The molecule has 3 aromatic rings. The zero-order valence-electron chi connectivity index (χ0n) is 12.8. The number of benzene rings is 2. The second-order valence-corrected chi connectivity index (χ2v) is 4.85. The molecule has 0 aliphatic heterocycles. The van der Waals surface area contributed by atoms with Crippen molar-refractivity contribution in [2.75, 3.05) is 13.2 Å². The third-order valence-electron chi connectivity index (χ3n) is 3.21. The van der Waals surface area contributed by atoms with Crippen molar-refractivity contribution in [2.45, 2.75) is 0 Å². The zero-order chi connectivity index (χ0) is 16.9. The number of aromatic nitrogens is 3. The molecule has 122 valence electrons. The molecule has 7 heteroatoms. The van der Waals surface area contributed by atoms with Gasteiger partial charge in [0.25, 0.3) is 0 Å². The highest BCUT2D eigenvalue weighted by Gasteiger charge is 2.10. The molecule has 7 nitrogen and oxygen atoms in total. The first kappa shape index (κ1) is 15.5. The average Bonchev–Trinajstić information content (AvgIpc) is 3.03. The highest BCUT2D eigenvalue weighted by atomic mass is 16.6. The fraction of sp³-hybridized carbons (Fsp3) is 0.118. The maximum absolute atomic E-state index is 10.9. The molecular formula is C17H15N3O4. The van der Waals surface area contributed by atoms with E-state index in [0.717, 1.165) is 17.1 Å². The monoisotopic (exact) mass is 325 g/mol. The Labute approximate surface area is 137 Å². The van der Waals surface area contributed by atoms with Gasteiger partial charge in [-0.1, -0.05) is 18.7 Å². The Morgan fingerprint density at radius 1 is 1.17 bits per heavy atom. The van der Waals surface area contributed by atoms with Gasteiger partial charge in [0.15, 0.2) is 0 Å². The summed E-state index contributed by atoms with van der Waals surface area (Å²) >= 11 is 0. The predicted molar refractivity (Wildman–Crippen MR) is 87.2 cm³/mol. The topological polar surface area (TPSA) is 86.5 Å². The summed E-state index contributed by atoms with van der Waals surface area (Å²) in [6.07, 6.45) is 1.09. The van der Waals surface area contributed by atoms with E-state index in [9.17, 15) is 9.90 Å². The Balaban J connectivity index is 1.76. The van der Waals surface area contributed by atoms with Crippen molar-refractivity contribution in [3.63, 3.8) is 0 Å². The second kappa shape index (κ2) is 6.82. The fourth-order valence-electron chi connectivity index (χ4n) is 2.08. The number of aromatic hydroxyl groups is 1. The summed E-state index contributed by atoms with van der Waals surface area (Å²) in [6.45, 7) is 3.59. The number of rotatable bonds is 6. The van der Waals surface area contributed by atoms with Gasteiger partial charge < -0.3 is 14.6 Å². The number of esters is 1. The lowest BCUT2D eigenvalue weighted by atomic mass is 10.3. The molecule has 1 aromatic heterocycles. The van der Waals surface area contributed by atoms with E-state index < -0.39 is 5.97 Å². The number of nitrogens with zero attached hydrogens (tertiary/aromatic N) is 3. The molecule has 0 bridgehead atoms. The lowest BCUT2D eigenvalue weighted by molar-refractivity contribution is -0.138. The van der Waals surface area contributed by atoms with Gasteiger partial charge in [-0.05, 0) is 24.3 Å². The van der Waals surface area contributed by atoms with Crippen LogP contribution in [0.15, 0.2) is 55.1 Å². The molecule has 0 aliphatic rings. The third-order valence-corrected chi connectivity index (χ3v) is 3.21. The number of hydrogen-bond donors (Lipinski definition) is 1. The van der Waals surface area contributed by atoms with Crippen LogP contribution in [-0.2, 0) is 9.53 Å². The Bertz CT molecular complexity index is 855. The van der Waals surface area contributed by atoms with Gasteiger partial charge in [-0.15, -0.1) is 15.0 Å². The maximum atomic E-state index is 10.9. The van der Waals surface area contributed by atoms with Gasteiger partial charge in [0.2, 0.25) is 0 Å². The summed E-state index contributed by atoms with van der Waals surface area (Å²) in [5.74, 6) is 0.0250. The van der Waals surface area contributed by atoms with Gasteiger partial charge in [0, 0.05) is 12.1 Å². The quantitative estimate of drug-likeness (QED) is 0.425. The van der Waals surface area contributed by atoms with Gasteiger partial charge in [-0.25, -0.2) is 4.79 Å². The van der Waals surface area contributed by atoms with E-state index in [-0.39, 0.29) is 19.0 Å². The number of ether oxygens (including phenoxy) is 2. The van der Waals surface area contributed by atoms with Crippen LogP contribution in [0.4, 0.5) is 0 Å². The molecule has 1 heterocycles. The molecule has 24 heavy (non-hydrogen) atoms. The second-order valence-electron chi connectivity index (χ2n) is 4.85. The molecule has 0 fully saturated rings. The number of phenolic OH excluding ortho intramolecular Hbond substituents is 1. The lowest BCUT2D eigenvalue weighted by Gasteiger charge is -2.09. The summed E-state index contributed by atoms with van der Waals surface area (Å²) in [6, 6.07) is 12.1. The van der Waals surface area contributed by atoms with E-state index in [0.29, 0.717) is 11.4 Å². The van der Waals surface area contributed by atoms with Gasteiger partial charge in [-0.3, -0.25) is 0 Å². The van der Waals surface area contributed by atoms with Crippen LogP contribution < -0.4 is 4.74 Å². The highest BCUT2D eigenvalue weighted by molar-refractivity contribution is 5.81. The first-order chi connectivity index (χ1) is 11.7. The Morgan fingerprint density at radius 3 is 2.54 bits per heavy atom. The molecule has 0 radical (unpaired) electrons. The number of phenols is 1. The first-order valence-corrected chi connectivity index (χ1v) is 7.25. The van der Waals surface area contributed by atoms with Crippen LogP contribution >= 0.6 is 0 Å². The molecule has 0 atom stereocenters. The van der Waals surface area contributed by atoms with Crippen LogP contribution in [0.3, 0.4) is 0 Å². The molecule has 2 aromatic carbocycles. The zero-order valence-corrected chi connectivity index (χ0v) is 12.8. The van der Waals surface area contributed by atoms with Crippen LogP contribution in [0.5, 0.6) is 11.5 Å². The van der Waals surface area contributed by atoms with Crippen LogP contribution in [0.1, 0.15) is 0 Å². The maximum Gasteiger partial charge on any atom is 0.330 e. The average molecular weight is 325 g/mol. The molecule has 0 unspecified atom stereocenters. The Morgan fingerprint density at radius 2 is 1.88 bits per heavy atom. The first-order valence-electron chi connectivity index (χ1n) is 7.25. The van der Waals surface area contributed by atoms with Crippen molar-refractivity contribution in [3.8, 4) is 17.2 Å². The minimum atomic E-state index is -0.502. The van der Waals surface area contributed by atoms with Crippen molar-refractivity contribution in [1.29, 1.82) is 0 Å². The van der Waals surface area contributed by atoms with Crippen LogP contribution in [0.2, 0.25) is 0 Å². The van der Waals surface area contributed by atoms with E-state index in [2.05, 4.69) is 16.8 Å². The molecule has 0 saturated heterocycles. The lowest BCUT2D eigenvalue weighted by Crippen LogP contribution is -2.10. The van der Waals surface area contributed by atoms with Gasteiger partial charge >= 0.3 is 5.97 Å². The standard InChI is InChI=1S/C17H15N3O4/c1-2-17(22)24-10-9-23-12-7-8-16(21)15(11-12)20-18-13-5-3-4-6-14(13)19-20/h2-8,11,21H,1,9-10H2. The van der Waals surface area contributed by atoms with E-state index in [1.54, 1.807) is 12.1 Å². The fourth-order valence-corrected chi connectivity index (χ4v) is 2.08. The Hall–Kier alpha value is -3.35. The minimum absolute atomic E-state index is 0.0285. The van der Waals surface area contributed by atoms with Crippen molar-refractivity contribution < 1.29 is 19.4 Å². The van der Waals surface area contributed by atoms with E-state index in [1.165, 1.54) is 10.9 Å². The van der Waals surface area contributed by atoms with E-state index in [4.69, 9.17) is 9.47 Å². The smallest absolute Gasteiger partial charge is 0.330 e. The normalized spacial score (nSPS) is 10.5. The molecule has 1 N–H and O–H groups in total. The predicted octanol–water partition coefficient (Wildman–Crippen LogP) is 2.23. The van der Waals surface area contributed by atoms with Gasteiger partial charge in [0.05, 0.1) is 0 Å². The summed E-state index contributed by atoms with van der Waals surface area (Å²) in [7, 11) is 0. The summed E-state index contributed by atoms with van der Waals surface area (Å²) in [5.41, 5.74) is 1.84. The third kappa shape index (κ3) is 3.35. The Kier molecular flexibility index (Phi) is 4.42. The molecule has 0 aliphatic carbocycles. The van der Waals surface area contributed by atoms with Crippen molar-refractivity contribution in [2.24, 2.45) is 0 Å². The number of hydrogen-bond acceptors (Lipinski definition) is 6. The van der Waals surface area contributed by atoms with Gasteiger partial charge in [0.1, 0.15) is 41.4 Å². The summed E-state index contributed by atoms with van der Waals surface area (Å²) in [4.78, 5) is 12.3. The van der Waals surface area contributed by atoms with Crippen molar-refractivity contribution >= 4 is 17.0 Å². The van der Waals surface area contributed by atoms with E-state index in [1.807, 2.05) is 24.3 Å². The highest BCUT2D eigenvalue weighted by Crippen LogP contribution is 2.26. The van der Waals surface area contributed by atoms with Crippen LogP contribution in [0, 0.1) is 0 Å². The van der Waals surface area contributed by atoms with Gasteiger partial charge in [-0.2, -0.15) is 0 Å². The van der Waals surface area contributed by atoms with Crippen LogP contribution in [0.25, 0.3) is 16.7 Å². The van der Waals surface area contributed by atoms with Crippen LogP contribution in [-0.4, -0.2) is 39.3 Å². The SMILES string of the molecule is C=CC(=O)OCCOc1ccc(O)c(-n2nc3ccccc3n2)c1. The molecule has 0 saturated carbocycles. The number of carbonyl (C=O) groups is 1. The molecule has 3 rings (SSSR count). The molecule has 0 spiro atoms. The van der Waals surface area contributed by atoms with Crippen molar-refractivity contribution in [3.05, 3.63) is 55.1 Å². The minimum Gasteiger partial charge on any atom is -0.506 e. The van der Waals surface area contributed by atoms with E-state index >= 15 is 0 Å². The number of fused-ring (bicyclic) bond motifs is 1. The summed E-state index contributed by atoms with van der Waals surface area (Å²) < 4.78 is 10.3. The molecule has 0 amide bonds. The van der Waals surface area contributed by atoms with Crippen molar-refractivity contribution in [1.82, 2.24) is 15.0 Å².